The lowest BCUT2D eigenvalue weighted by Crippen LogP contribution is -2.41. The summed E-state index contributed by atoms with van der Waals surface area (Å²) in [6, 6.07) is 7.45. The van der Waals surface area contributed by atoms with Crippen LogP contribution in [0.4, 0.5) is 5.69 Å². The quantitative estimate of drug-likeness (QED) is 0.477. The first-order valence-electron chi connectivity index (χ1n) is 3.58. The maximum absolute atomic E-state index is 9.70. The van der Waals surface area contributed by atoms with Crippen LogP contribution in [-0.4, -0.2) is 13.1 Å². The van der Waals surface area contributed by atoms with Crippen molar-refractivity contribution in [3.8, 4) is 0 Å². The molecule has 0 heterocycles. The highest BCUT2D eigenvalue weighted by Gasteiger charge is 2.19. The number of hydrogen-bond acceptors (Lipinski definition) is 2. The third-order valence-corrected chi connectivity index (χ3v) is 3.32. The maximum atomic E-state index is 9.70. The van der Waals surface area contributed by atoms with Gasteiger partial charge in [-0.1, -0.05) is 12.1 Å². The summed E-state index contributed by atoms with van der Waals surface area (Å²) in [7, 11) is -2.14. The summed E-state index contributed by atoms with van der Waals surface area (Å²) < 4.78 is 0. The van der Waals surface area contributed by atoms with Crippen molar-refractivity contribution >= 4 is 19.2 Å². The first kappa shape index (κ1) is 8.29. The topological polar surface area (TPSA) is 46.2 Å². The predicted octanol–water partition coefficient (Wildman–Crippen LogP) is 0.673. The summed E-state index contributed by atoms with van der Waals surface area (Å²) in [4.78, 5) is 9.70. The number of rotatable bonds is 1. The largest absolute Gasteiger partial charge is 0.428 e. The van der Waals surface area contributed by atoms with E-state index in [4.69, 9.17) is 5.73 Å². The molecule has 2 nitrogen and oxygen atoms in total. The Morgan fingerprint density at radius 2 is 2.00 bits per heavy atom. The minimum atomic E-state index is -2.14. The van der Waals surface area contributed by atoms with Crippen LogP contribution in [0.3, 0.4) is 0 Å². The summed E-state index contributed by atoms with van der Waals surface area (Å²) in [5.41, 5.74) is 6.29. The van der Waals surface area contributed by atoms with Crippen LogP contribution in [0.15, 0.2) is 24.3 Å². The molecule has 0 amide bonds. The van der Waals surface area contributed by atoms with Gasteiger partial charge < -0.3 is 10.5 Å². The van der Waals surface area contributed by atoms with Gasteiger partial charge in [0, 0.05) is 5.69 Å². The van der Waals surface area contributed by atoms with Crippen molar-refractivity contribution in [2.24, 2.45) is 0 Å². The summed E-state index contributed by atoms with van der Waals surface area (Å²) in [6.45, 7) is 3.75. The van der Waals surface area contributed by atoms with Crippen molar-refractivity contribution in [2.75, 3.05) is 5.73 Å². The summed E-state index contributed by atoms with van der Waals surface area (Å²) in [5.74, 6) is 0. The van der Waals surface area contributed by atoms with E-state index in [1.807, 2.05) is 37.4 Å². The molecule has 0 unspecified atom stereocenters. The number of hydrogen-bond donors (Lipinski definition) is 2. The highest BCUT2D eigenvalue weighted by atomic mass is 28.4. The lowest BCUT2D eigenvalue weighted by atomic mass is 10.3. The fourth-order valence-corrected chi connectivity index (χ4v) is 1.94. The monoisotopic (exact) mass is 167 g/mol. The predicted molar refractivity (Wildman–Crippen MR) is 50.2 cm³/mol. The van der Waals surface area contributed by atoms with Gasteiger partial charge in [-0.3, -0.25) is 0 Å². The minimum absolute atomic E-state index is 0.720. The Kier molecular flexibility index (Phi) is 2.02. The molecule has 0 saturated heterocycles. The summed E-state index contributed by atoms with van der Waals surface area (Å²) in [5, 5.41) is 0.984. The molecule has 1 aromatic carbocycles. The lowest BCUT2D eigenvalue weighted by molar-refractivity contribution is 0.568. The third kappa shape index (κ3) is 2.06. The average Bonchev–Trinajstić information content (AvgIpc) is 1.86. The van der Waals surface area contributed by atoms with Crippen molar-refractivity contribution in [3.05, 3.63) is 24.3 Å². The molecule has 11 heavy (non-hydrogen) atoms. The van der Waals surface area contributed by atoms with Gasteiger partial charge in [0.25, 0.3) is 0 Å². The standard InChI is InChI=1S/C8H13NOSi/c1-11(2,10)8-5-3-4-7(9)6-8/h3-6,10H,9H2,1-2H3. The van der Waals surface area contributed by atoms with Gasteiger partial charge in [-0.15, -0.1) is 0 Å². The minimum Gasteiger partial charge on any atom is -0.428 e. The first-order chi connectivity index (χ1) is 5.00. The Hall–Kier alpha value is -0.803. The molecule has 0 aromatic heterocycles. The van der Waals surface area contributed by atoms with Crippen molar-refractivity contribution in [3.63, 3.8) is 0 Å². The number of benzene rings is 1. The Bertz CT molecular complexity index is 255. The molecule has 0 aliphatic carbocycles. The summed E-state index contributed by atoms with van der Waals surface area (Å²) in [6.07, 6.45) is 0. The first-order valence-corrected chi connectivity index (χ1v) is 6.53. The number of nitrogen functional groups attached to an aromatic ring is 1. The molecule has 1 aromatic rings. The molecule has 0 saturated carbocycles. The van der Waals surface area contributed by atoms with Gasteiger partial charge in [-0.2, -0.15) is 0 Å². The van der Waals surface area contributed by atoms with Crippen LogP contribution in [0.1, 0.15) is 0 Å². The second-order valence-corrected chi connectivity index (χ2v) is 6.88. The van der Waals surface area contributed by atoms with Crippen molar-refractivity contribution in [1.82, 2.24) is 0 Å². The van der Waals surface area contributed by atoms with Gasteiger partial charge in [-0.25, -0.2) is 0 Å². The molecular weight excluding hydrogens is 154 g/mol. The van der Waals surface area contributed by atoms with Gasteiger partial charge >= 0.3 is 0 Å². The number of nitrogens with two attached hydrogens (primary N) is 1. The van der Waals surface area contributed by atoms with Crippen molar-refractivity contribution in [1.29, 1.82) is 0 Å². The van der Waals surface area contributed by atoms with E-state index in [0.717, 1.165) is 10.9 Å². The molecule has 0 bridgehead atoms. The van der Waals surface area contributed by atoms with E-state index in [9.17, 15) is 4.80 Å². The number of anilines is 1. The van der Waals surface area contributed by atoms with E-state index >= 15 is 0 Å². The van der Waals surface area contributed by atoms with E-state index in [1.165, 1.54) is 0 Å². The molecule has 0 radical (unpaired) electrons. The zero-order valence-corrected chi connectivity index (χ0v) is 7.83. The molecule has 3 heteroatoms. The van der Waals surface area contributed by atoms with Gasteiger partial charge in [0.05, 0.1) is 0 Å². The Balaban J connectivity index is 3.06. The Morgan fingerprint density at radius 1 is 1.36 bits per heavy atom. The fourth-order valence-electron chi connectivity index (χ4n) is 0.919. The second kappa shape index (κ2) is 2.68. The van der Waals surface area contributed by atoms with Crippen LogP contribution >= 0.6 is 0 Å². The lowest BCUT2D eigenvalue weighted by Gasteiger charge is -2.14. The normalized spacial score (nSPS) is 11.5. The molecular formula is C8H13NOSi. The van der Waals surface area contributed by atoms with Gasteiger partial charge in [0.1, 0.15) is 0 Å². The van der Waals surface area contributed by atoms with Crippen LogP contribution in [0, 0.1) is 0 Å². The molecule has 0 fully saturated rings. The van der Waals surface area contributed by atoms with E-state index in [0.29, 0.717) is 0 Å². The summed E-state index contributed by atoms with van der Waals surface area (Å²) >= 11 is 0. The van der Waals surface area contributed by atoms with Crippen molar-refractivity contribution < 1.29 is 4.80 Å². The zero-order chi connectivity index (χ0) is 8.48. The van der Waals surface area contributed by atoms with Gasteiger partial charge in [0.2, 0.25) is 8.32 Å². The average molecular weight is 167 g/mol. The molecule has 3 N–H and O–H groups in total. The fraction of sp³-hybridized carbons (Fsp3) is 0.250. The second-order valence-electron chi connectivity index (χ2n) is 3.18. The highest BCUT2D eigenvalue weighted by Crippen LogP contribution is 2.02. The highest BCUT2D eigenvalue weighted by molar-refractivity contribution is 6.83. The van der Waals surface area contributed by atoms with E-state index in [2.05, 4.69) is 0 Å². The molecule has 0 atom stereocenters. The smallest absolute Gasteiger partial charge is 0.214 e. The van der Waals surface area contributed by atoms with Gasteiger partial charge in [-0.05, 0) is 30.4 Å². The maximum Gasteiger partial charge on any atom is 0.214 e. The van der Waals surface area contributed by atoms with Gasteiger partial charge in [0.15, 0.2) is 0 Å². The van der Waals surface area contributed by atoms with Crippen LogP contribution in [0.5, 0.6) is 0 Å². The van der Waals surface area contributed by atoms with E-state index in [-0.39, 0.29) is 0 Å². The van der Waals surface area contributed by atoms with Crippen molar-refractivity contribution in [2.45, 2.75) is 13.1 Å². The molecule has 0 aliphatic rings. The van der Waals surface area contributed by atoms with E-state index in [1.54, 1.807) is 0 Å². The molecule has 1 rings (SSSR count). The van der Waals surface area contributed by atoms with Crippen LogP contribution in [0.2, 0.25) is 13.1 Å². The molecule has 60 valence electrons. The zero-order valence-electron chi connectivity index (χ0n) is 6.83. The molecule has 0 spiro atoms. The van der Waals surface area contributed by atoms with Crippen LogP contribution < -0.4 is 10.9 Å². The molecule has 0 aliphatic heterocycles. The SMILES string of the molecule is C[Si](C)(O)c1cccc(N)c1. The Labute approximate surface area is 67.8 Å². The van der Waals surface area contributed by atoms with Crippen LogP contribution in [-0.2, 0) is 0 Å². The Morgan fingerprint density at radius 3 is 2.36 bits per heavy atom. The third-order valence-electron chi connectivity index (χ3n) is 1.59. The van der Waals surface area contributed by atoms with E-state index < -0.39 is 8.32 Å². The van der Waals surface area contributed by atoms with Crippen LogP contribution in [0.25, 0.3) is 0 Å².